The van der Waals surface area contributed by atoms with Crippen molar-refractivity contribution < 1.29 is 29.3 Å². The van der Waals surface area contributed by atoms with Crippen LogP contribution in [-0.2, 0) is 19.1 Å². The van der Waals surface area contributed by atoms with Gasteiger partial charge in [-0.1, -0.05) is 30.3 Å². The van der Waals surface area contributed by atoms with Crippen molar-refractivity contribution in [1.82, 2.24) is 0 Å². The van der Waals surface area contributed by atoms with E-state index in [1.54, 1.807) is 44.2 Å². The van der Waals surface area contributed by atoms with Crippen LogP contribution in [0.4, 0.5) is 0 Å². The molecule has 0 saturated carbocycles. The minimum atomic E-state index is -1.56. The Morgan fingerprint density at radius 3 is 2.32 bits per heavy atom. The van der Waals surface area contributed by atoms with Crippen LogP contribution in [0.25, 0.3) is 0 Å². The van der Waals surface area contributed by atoms with Crippen molar-refractivity contribution in [3.05, 3.63) is 47.2 Å². The molecule has 2 rings (SSSR count). The van der Waals surface area contributed by atoms with Gasteiger partial charge in [0.1, 0.15) is 5.76 Å². The first-order valence-electron chi connectivity index (χ1n) is 8.36. The molecule has 0 radical (unpaired) electrons. The Morgan fingerprint density at radius 1 is 1.16 bits per heavy atom. The fourth-order valence-corrected chi connectivity index (χ4v) is 3.34. The van der Waals surface area contributed by atoms with Crippen molar-refractivity contribution in [3.63, 3.8) is 0 Å². The van der Waals surface area contributed by atoms with Crippen molar-refractivity contribution in [2.24, 2.45) is 5.92 Å². The molecule has 1 aliphatic carbocycles. The molecule has 0 aromatic heterocycles. The van der Waals surface area contributed by atoms with Crippen LogP contribution in [0.15, 0.2) is 41.7 Å². The van der Waals surface area contributed by atoms with E-state index in [1.807, 2.05) is 0 Å². The molecule has 1 aliphatic rings. The van der Waals surface area contributed by atoms with E-state index in [2.05, 4.69) is 0 Å². The molecule has 0 bridgehead atoms. The zero-order valence-electron chi connectivity index (χ0n) is 14.7. The molecule has 3 unspecified atom stereocenters. The average Bonchev–Trinajstić information content (AvgIpc) is 2.54. The minimum Gasteiger partial charge on any atom is -0.512 e. The summed E-state index contributed by atoms with van der Waals surface area (Å²) >= 11 is 0. The van der Waals surface area contributed by atoms with E-state index in [0.717, 1.165) is 0 Å². The molecule has 25 heavy (non-hydrogen) atoms. The maximum atomic E-state index is 12.6. The van der Waals surface area contributed by atoms with Crippen molar-refractivity contribution in [2.45, 2.75) is 38.7 Å². The molecule has 0 aliphatic heterocycles. The zero-order chi connectivity index (χ0) is 18.6. The Kier molecular flexibility index (Phi) is 5.85. The lowest BCUT2D eigenvalue weighted by molar-refractivity contribution is -0.160. The molecule has 3 atom stereocenters. The first-order valence-corrected chi connectivity index (χ1v) is 8.36. The number of ether oxygens (including phenoxy) is 2. The largest absolute Gasteiger partial charge is 0.512 e. The van der Waals surface area contributed by atoms with E-state index in [1.165, 1.54) is 6.92 Å². The summed E-state index contributed by atoms with van der Waals surface area (Å²) in [6.07, 6.45) is -0.228. The summed E-state index contributed by atoms with van der Waals surface area (Å²) in [4.78, 5) is 25.0. The maximum absolute atomic E-state index is 12.6. The van der Waals surface area contributed by atoms with Gasteiger partial charge < -0.3 is 19.7 Å². The van der Waals surface area contributed by atoms with Crippen LogP contribution in [0, 0.1) is 5.92 Å². The summed E-state index contributed by atoms with van der Waals surface area (Å²) in [6, 6.07) is 8.81. The summed E-state index contributed by atoms with van der Waals surface area (Å²) in [5.41, 5.74) is -0.944. The molecule has 1 aromatic carbocycles. The lowest BCUT2D eigenvalue weighted by atomic mass is 9.66. The van der Waals surface area contributed by atoms with Crippen molar-refractivity contribution in [2.75, 3.05) is 13.2 Å². The number of hydrogen-bond donors (Lipinski definition) is 2. The summed E-state index contributed by atoms with van der Waals surface area (Å²) < 4.78 is 10.2. The van der Waals surface area contributed by atoms with E-state index in [4.69, 9.17) is 9.47 Å². The van der Waals surface area contributed by atoms with Crippen LogP contribution in [0.2, 0.25) is 0 Å². The molecule has 0 fully saturated rings. The Bertz CT molecular complexity index is 662. The molecule has 1 aromatic rings. The first-order chi connectivity index (χ1) is 11.8. The SMILES string of the molecule is CCOC(=O)C1=C(O)CC(C)(O)C(C(=O)OCC)C1c1ccccc1. The maximum Gasteiger partial charge on any atom is 0.338 e. The predicted molar refractivity (Wildman–Crippen MR) is 90.8 cm³/mol. The number of aliphatic hydroxyl groups excluding tert-OH is 1. The summed E-state index contributed by atoms with van der Waals surface area (Å²) in [5.74, 6) is -3.47. The lowest BCUT2D eigenvalue weighted by Gasteiger charge is -2.41. The number of aliphatic hydroxyl groups is 2. The van der Waals surface area contributed by atoms with Gasteiger partial charge in [0.2, 0.25) is 0 Å². The highest BCUT2D eigenvalue weighted by Crippen LogP contribution is 2.47. The smallest absolute Gasteiger partial charge is 0.338 e. The molecular weight excluding hydrogens is 324 g/mol. The highest BCUT2D eigenvalue weighted by Gasteiger charge is 2.52. The number of carbonyl (C=O) groups is 2. The van der Waals surface area contributed by atoms with Gasteiger partial charge in [-0.05, 0) is 26.3 Å². The normalized spacial score (nSPS) is 26.2. The number of benzene rings is 1. The van der Waals surface area contributed by atoms with E-state index in [-0.39, 0.29) is 31.0 Å². The Morgan fingerprint density at radius 2 is 1.76 bits per heavy atom. The van der Waals surface area contributed by atoms with Gasteiger partial charge >= 0.3 is 11.9 Å². The highest BCUT2D eigenvalue weighted by atomic mass is 16.5. The van der Waals surface area contributed by atoms with Crippen molar-refractivity contribution in [3.8, 4) is 0 Å². The van der Waals surface area contributed by atoms with Crippen LogP contribution in [0.3, 0.4) is 0 Å². The van der Waals surface area contributed by atoms with Gasteiger partial charge in [-0.3, -0.25) is 4.79 Å². The Balaban J connectivity index is 2.63. The fourth-order valence-electron chi connectivity index (χ4n) is 3.34. The van der Waals surface area contributed by atoms with Crippen LogP contribution in [0.5, 0.6) is 0 Å². The van der Waals surface area contributed by atoms with Crippen LogP contribution in [0.1, 0.15) is 38.7 Å². The van der Waals surface area contributed by atoms with Crippen molar-refractivity contribution in [1.29, 1.82) is 0 Å². The molecule has 6 nitrogen and oxygen atoms in total. The van der Waals surface area contributed by atoms with Gasteiger partial charge in [0.25, 0.3) is 0 Å². The molecule has 0 saturated heterocycles. The summed E-state index contributed by atoms with van der Waals surface area (Å²) in [7, 11) is 0. The second kappa shape index (κ2) is 7.70. The molecule has 0 spiro atoms. The Hall–Kier alpha value is -2.34. The van der Waals surface area contributed by atoms with Gasteiger partial charge in [-0.25, -0.2) is 4.79 Å². The summed E-state index contributed by atoms with van der Waals surface area (Å²) in [6.45, 7) is 5.08. The molecule has 136 valence electrons. The molecule has 6 heteroatoms. The summed E-state index contributed by atoms with van der Waals surface area (Å²) in [5, 5.41) is 21.2. The van der Waals surface area contributed by atoms with E-state index >= 15 is 0 Å². The van der Waals surface area contributed by atoms with Crippen molar-refractivity contribution >= 4 is 11.9 Å². The monoisotopic (exact) mass is 348 g/mol. The molecular formula is C19H24O6. The van der Waals surface area contributed by atoms with Crippen LogP contribution >= 0.6 is 0 Å². The third-order valence-corrected chi connectivity index (χ3v) is 4.35. The Labute approximate surface area is 147 Å². The molecule has 2 N–H and O–H groups in total. The van der Waals surface area contributed by atoms with Gasteiger partial charge in [0.05, 0.1) is 30.3 Å². The number of rotatable bonds is 5. The third-order valence-electron chi connectivity index (χ3n) is 4.35. The van der Waals surface area contributed by atoms with Gasteiger partial charge in [-0.2, -0.15) is 0 Å². The highest BCUT2D eigenvalue weighted by molar-refractivity contribution is 5.93. The quantitative estimate of drug-likeness (QED) is 0.794. The van der Waals surface area contributed by atoms with Gasteiger partial charge in [0, 0.05) is 12.3 Å². The predicted octanol–water partition coefficient (Wildman–Crippen LogP) is 2.48. The fraction of sp³-hybridized carbons (Fsp3) is 0.474. The molecule has 0 amide bonds. The third kappa shape index (κ3) is 3.85. The van der Waals surface area contributed by atoms with Crippen LogP contribution in [-0.4, -0.2) is 41.0 Å². The standard InChI is InChI=1S/C19H24O6/c1-4-24-17(21)15-13(20)11-19(3,23)16(18(22)25-5-2)14(15)12-9-7-6-8-10-12/h6-10,14,16,20,23H,4-5,11H2,1-3H3. The second-order valence-electron chi connectivity index (χ2n) is 6.23. The van der Waals surface area contributed by atoms with E-state index in [0.29, 0.717) is 5.56 Å². The second-order valence-corrected chi connectivity index (χ2v) is 6.23. The lowest BCUT2D eigenvalue weighted by Crippen LogP contribution is -2.49. The first kappa shape index (κ1) is 19.0. The van der Waals surface area contributed by atoms with E-state index < -0.39 is 29.4 Å². The van der Waals surface area contributed by atoms with Gasteiger partial charge in [-0.15, -0.1) is 0 Å². The van der Waals surface area contributed by atoms with E-state index in [9.17, 15) is 19.8 Å². The average molecular weight is 348 g/mol. The zero-order valence-corrected chi connectivity index (χ0v) is 14.7. The minimum absolute atomic E-state index is 0.00220. The number of esters is 2. The number of hydrogen-bond acceptors (Lipinski definition) is 6. The van der Waals surface area contributed by atoms with Gasteiger partial charge in [0.15, 0.2) is 0 Å². The topological polar surface area (TPSA) is 93.1 Å². The van der Waals surface area contributed by atoms with Crippen LogP contribution < -0.4 is 0 Å². The molecule has 0 heterocycles. The number of carbonyl (C=O) groups excluding carboxylic acids is 2.